The van der Waals surface area contributed by atoms with E-state index in [9.17, 15) is 13.6 Å². The van der Waals surface area contributed by atoms with Crippen LogP contribution in [0.15, 0.2) is 53.7 Å². The summed E-state index contributed by atoms with van der Waals surface area (Å²) in [6.45, 7) is 1.67. The lowest BCUT2D eigenvalue weighted by Crippen LogP contribution is -2.46. The van der Waals surface area contributed by atoms with E-state index in [0.29, 0.717) is 17.1 Å². The van der Waals surface area contributed by atoms with Crippen molar-refractivity contribution < 1.29 is 18.3 Å². The molecule has 2 aromatic rings. The number of allylic oxidation sites excluding steroid dienone is 1. The standard InChI is InChI=1S/C19H17F2N3O2S/c1-10-16(18(25)23-12-4-6-13(26-2)7-5-12)17(24-19(27)22-10)14-8-3-11(20)9-15(14)21/h3-9,17H,1-2H3,(H,23,25)(H2,22,24,27)/t17-/m0/s1. The van der Waals surface area contributed by atoms with E-state index >= 15 is 0 Å². The van der Waals surface area contributed by atoms with E-state index in [1.165, 1.54) is 6.07 Å². The Kier molecular flexibility index (Phi) is 5.36. The highest BCUT2D eigenvalue weighted by atomic mass is 32.1. The molecule has 1 aliphatic rings. The van der Waals surface area contributed by atoms with E-state index in [1.807, 2.05) is 0 Å². The van der Waals surface area contributed by atoms with Gasteiger partial charge in [0.05, 0.1) is 18.7 Å². The maximum Gasteiger partial charge on any atom is 0.255 e. The molecule has 0 aromatic heterocycles. The molecule has 0 radical (unpaired) electrons. The second-order valence-corrected chi connectivity index (χ2v) is 6.33. The fourth-order valence-corrected chi connectivity index (χ4v) is 3.11. The van der Waals surface area contributed by atoms with Crippen LogP contribution in [0, 0.1) is 11.6 Å². The molecule has 2 aromatic carbocycles. The zero-order valence-electron chi connectivity index (χ0n) is 14.6. The number of rotatable bonds is 4. The summed E-state index contributed by atoms with van der Waals surface area (Å²) in [6.07, 6.45) is 0. The van der Waals surface area contributed by atoms with Gasteiger partial charge in [-0.25, -0.2) is 8.78 Å². The summed E-state index contributed by atoms with van der Waals surface area (Å²) in [6, 6.07) is 9.15. The van der Waals surface area contributed by atoms with Crippen molar-refractivity contribution in [3.63, 3.8) is 0 Å². The van der Waals surface area contributed by atoms with E-state index in [-0.39, 0.29) is 16.2 Å². The summed E-state index contributed by atoms with van der Waals surface area (Å²) < 4.78 is 32.7. The van der Waals surface area contributed by atoms with Gasteiger partial charge in [0.2, 0.25) is 0 Å². The minimum absolute atomic E-state index is 0.125. The molecule has 0 spiro atoms. The van der Waals surface area contributed by atoms with Gasteiger partial charge in [0.15, 0.2) is 5.11 Å². The zero-order valence-corrected chi connectivity index (χ0v) is 15.4. The lowest BCUT2D eigenvalue weighted by molar-refractivity contribution is -0.113. The highest BCUT2D eigenvalue weighted by molar-refractivity contribution is 7.80. The fraction of sp³-hybridized carbons (Fsp3) is 0.158. The first-order chi connectivity index (χ1) is 12.9. The molecule has 1 aliphatic heterocycles. The van der Waals surface area contributed by atoms with E-state index in [0.717, 1.165) is 12.1 Å². The predicted molar refractivity (Wildman–Crippen MR) is 102 cm³/mol. The number of anilines is 1. The van der Waals surface area contributed by atoms with Gasteiger partial charge in [-0.15, -0.1) is 0 Å². The molecule has 5 nitrogen and oxygen atoms in total. The molecule has 0 saturated carbocycles. The zero-order chi connectivity index (χ0) is 19.6. The van der Waals surface area contributed by atoms with Crippen LogP contribution in [-0.2, 0) is 4.79 Å². The van der Waals surface area contributed by atoms with Gasteiger partial charge in [-0.1, -0.05) is 6.07 Å². The molecular formula is C19H17F2N3O2S. The van der Waals surface area contributed by atoms with Crippen LogP contribution in [0.1, 0.15) is 18.5 Å². The van der Waals surface area contributed by atoms with Crippen LogP contribution in [-0.4, -0.2) is 18.1 Å². The first kappa shape index (κ1) is 18.8. The van der Waals surface area contributed by atoms with E-state index in [2.05, 4.69) is 16.0 Å². The fourth-order valence-electron chi connectivity index (χ4n) is 2.84. The number of hydrogen-bond donors (Lipinski definition) is 3. The summed E-state index contributed by atoms with van der Waals surface area (Å²) in [4.78, 5) is 12.9. The maximum absolute atomic E-state index is 14.3. The van der Waals surface area contributed by atoms with Crippen LogP contribution in [0.4, 0.5) is 14.5 Å². The van der Waals surface area contributed by atoms with Crippen LogP contribution in [0.3, 0.4) is 0 Å². The van der Waals surface area contributed by atoms with E-state index < -0.39 is 23.6 Å². The normalized spacial score (nSPS) is 16.4. The van der Waals surface area contributed by atoms with Crippen molar-refractivity contribution in [2.24, 2.45) is 0 Å². The molecule has 3 rings (SSSR count). The number of carbonyl (C=O) groups is 1. The van der Waals surface area contributed by atoms with Gasteiger partial charge >= 0.3 is 0 Å². The molecule has 8 heteroatoms. The summed E-state index contributed by atoms with van der Waals surface area (Å²) in [7, 11) is 1.55. The number of methoxy groups -OCH3 is 1. The van der Waals surface area contributed by atoms with Crippen molar-refractivity contribution in [3.05, 3.63) is 70.9 Å². The molecule has 140 valence electrons. The Morgan fingerprint density at radius 3 is 2.52 bits per heavy atom. The molecule has 0 fully saturated rings. The molecule has 3 N–H and O–H groups in total. The summed E-state index contributed by atoms with van der Waals surface area (Å²) in [5, 5.41) is 8.76. The van der Waals surface area contributed by atoms with Crippen molar-refractivity contribution >= 4 is 28.9 Å². The molecule has 0 saturated heterocycles. The van der Waals surface area contributed by atoms with Gasteiger partial charge < -0.3 is 20.7 Å². The van der Waals surface area contributed by atoms with Crippen LogP contribution >= 0.6 is 12.2 Å². The SMILES string of the molecule is COc1ccc(NC(=O)C2=C(C)NC(=S)N[C@H]2c2ccc(F)cc2F)cc1. The number of halogens is 2. The summed E-state index contributed by atoms with van der Waals surface area (Å²) in [5.74, 6) is -1.24. The minimum Gasteiger partial charge on any atom is -0.497 e. The van der Waals surface area contributed by atoms with Crippen LogP contribution < -0.4 is 20.7 Å². The monoisotopic (exact) mass is 389 g/mol. The Hall–Kier alpha value is -3.00. The lowest BCUT2D eigenvalue weighted by atomic mass is 9.94. The quantitative estimate of drug-likeness (QED) is 0.700. The Bertz CT molecular complexity index is 929. The largest absolute Gasteiger partial charge is 0.497 e. The summed E-state index contributed by atoms with van der Waals surface area (Å²) >= 11 is 5.13. The third-order valence-electron chi connectivity index (χ3n) is 4.14. The predicted octanol–water partition coefficient (Wildman–Crippen LogP) is 3.40. The van der Waals surface area contributed by atoms with Crippen molar-refractivity contribution in [1.29, 1.82) is 0 Å². The molecule has 0 aliphatic carbocycles. The van der Waals surface area contributed by atoms with Crippen LogP contribution in [0.5, 0.6) is 5.75 Å². The Balaban J connectivity index is 1.94. The molecule has 1 heterocycles. The average molecular weight is 389 g/mol. The number of benzene rings is 2. The highest BCUT2D eigenvalue weighted by Crippen LogP contribution is 2.30. The van der Waals surface area contributed by atoms with Gasteiger partial charge in [-0.2, -0.15) is 0 Å². The second kappa shape index (κ2) is 7.71. The van der Waals surface area contributed by atoms with Crippen LogP contribution in [0.2, 0.25) is 0 Å². The third-order valence-corrected chi connectivity index (χ3v) is 4.36. The average Bonchev–Trinajstić information content (AvgIpc) is 2.61. The first-order valence-electron chi connectivity index (χ1n) is 8.07. The van der Waals surface area contributed by atoms with Crippen molar-refractivity contribution in [2.45, 2.75) is 13.0 Å². The number of nitrogens with one attached hydrogen (secondary N) is 3. The molecule has 0 bridgehead atoms. The van der Waals surface area contributed by atoms with E-state index in [1.54, 1.807) is 38.3 Å². The van der Waals surface area contributed by atoms with Crippen molar-refractivity contribution in [3.8, 4) is 5.75 Å². The summed E-state index contributed by atoms with van der Waals surface area (Å²) in [5.41, 5.74) is 1.41. The molecule has 1 atom stereocenters. The number of amides is 1. The maximum atomic E-state index is 14.3. The Labute approximate surface area is 160 Å². The first-order valence-corrected chi connectivity index (χ1v) is 8.48. The smallest absolute Gasteiger partial charge is 0.255 e. The Morgan fingerprint density at radius 1 is 1.19 bits per heavy atom. The highest BCUT2D eigenvalue weighted by Gasteiger charge is 2.31. The minimum atomic E-state index is -0.849. The van der Waals surface area contributed by atoms with Crippen LogP contribution in [0.25, 0.3) is 0 Å². The van der Waals surface area contributed by atoms with Gasteiger partial charge in [-0.3, -0.25) is 4.79 Å². The number of hydrogen-bond acceptors (Lipinski definition) is 3. The van der Waals surface area contributed by atoms with Gasteiger partial charge in [0, 0.05) is 23.0 Å². The van der Waals surface area contributed by atoms with Crippen molar-refractivity contribution in [1.82, 2.24) is 10.6 Å². The molecule has 1 amide bonds. The second-order valence-electron chi connectivity index (χ2n) is 5.92. The Morgan fingerprint density at radius 2 is 1.89 bits per heavy atom. The molecule has 0 unspecified atom stereocenters. The lowest BCUT2D eigenvalue weighted by Gasteiger charge is -2.30. The topological polar surface area (TPSA) is 62.4 Å². The van der Waals surface area contributed by atoms with Crippen molar-refractivity contribution in [2.75, 3.05) is 12.4 Å². The molecule has 27 heavy (non-hydrogen) atoms. The van der Waals surface area contributed by atoms with Gasteiger partial charge in [0.25, 0.3) is 5.91 Å². The van der Waals surface area contributed by atoms with E-state index in [4.69, 9.17) is 17.0 Å². The van der Waals surface area contributed by atoms with Gasteiger partial charge in [0.1, 0.15) is 17.4 Å². The van der Waals surface area contributed by atoms with Gasteiger partial charge in [-0.05, 0) is 49.5 Å². The number of ether oxygens (including phenoxy) is 1. The number of carbonyl (C=O) groups excluding carboxylic acids is 1. The number of thiocarbonyl (C=S) groups is 1. The third kappa shape index (κ3) is 4.06. The molecular weight excluding hydrogens is 372 g/mol.